The number of rotatable bonds is 4. The highest BCUT2D eigenvalue weighted by atomic mass is 32.1. The van der Waals surface area contributed by atoms with Crippen LogP contribution < -0.4 is 14.2 Å². The maximum absolute atomic E-state index is 11.1. The fraction of sp³-hybridized carbons (Fsp3) is 0.250. The second kappa shape index (κ2) is 4.73. The van der Waals surface area contributed by atoms with Crippen molar-refractivity contribution >= 4 is 27.4 Å². The lowest BCUT2D eigenvalue weighted by atomic mass is 10.2. The molecule has 6 heteroatoms. The smallest absolute Gasteiger partial charge is 0.349 e. The molecule has 0 bridgehead atoms. The summed E-state index contributed by atoms with van der Waals surface area (Å²) < 4.78 is 16.3. The molecule has 0 radical (unpaired) electrons. The van der Waals surface area contributed by atoms with Crippen LogP contribution in [0.15, 0.2) is 12.1 Å². The largest absolute Gasteiger partial charge is 0.494 e. The number of aromatic carboxylic acids is 1. The van der Waals surface area contributed by atoms with Crippen LogP contribution in [0.3, 0.4) is 0 Å². The van der Waals surface area contributed by atoms with Gasteiger partial charge in [0, 0.05) is 16.2 Å². The molecule has 0 saturated carbocycles. The monoisotopic (exact) mass is 268 g/mol. The molecule has 1 aromatic heterocycles. The van der Waals surface area contributed by atoms with E-state index in [1.165, 1.54) is 21.3 Å². The van der Waals surface area contributed by atoms with Gasteiger partial charge in [0.05, 0.1) is 21.3 Å². The molecule has 0 aliphatic rings. The minimum Gasteiger partial charge on any atom is -0.494 e. The lowest BCUT2D eigenvalue weighted by Crippen LogP contribution is -1.95. The first-order valence-electron chi connectivity index (χ1n) is 5.08. The summed E-state index contributed by atoms with van der Waals surface area (Å²) in [6.07, 6.45) is 0. The molecule has 18 heavy (non-hydrogen) atoms. The topological polar surface area (TPSA) is 65.0 Å². The van der Waals surface area contributed by atoms with Gasteiger partial charge < -0.3 is 19.3 Å². The highest BCUT2D eigenvalue weighted by Crippen LogP contribution is 2.43. The SMILES string of the molecule is COc1cc2sc(C(=O)O)c(OC)c2cc1OC. The predicted octanol–water partition coefficient (Wildman–Crippen LogP) is 2.63. The van der Waals surface area contributed by atoms with E-state index in [-0.39, 0.29) is 4.88 Å². The first-order chi connectivity index (χ1) is 8.62. The molecule has 0 unspecified atom stereocenters. The van der Waals surface area contributed by atoms with Crippen LogP contribution in [-0.2, 0) is 0 Å². The van der Waals surface area contributed by atoms with Gasteiger partial charge in [-0.25, -0.2) is 4.79 Å². The molecular formula is C12H12O5S. The Morgan fingerprint density at radius 2 is 1.72 bits per heavy atom. The van der Waals surface area contributed by atoms with Gasteiger partial charge in [-0.15, -0.1) is 11.3 Å². The number of hydrogen-bond donors (Lipinski definition) is 1. The van der Waals surface area contributed by atoms with Crippen molar-refractivity contribution in [1.29, 1.82) is 0 Å². The Labute approximate surface area is 108 Å². The summed E-state index contributed by atoms with van der Waals surface area (Å²) in [7, 11) is 4.51. The van der Waals surface area contributed by atoms with E-state index in [4.69, 9.17) is 19.3 Å². The normalized spacial score (nSPS) is 10.4. The van der Waals surface area contributed by atoms with Gasteiger partial charge in [-0.3, -0.25) is 0 Å². The fourth-order valence-corrected chi connectivity index (χ4v) is 2.77. The van der Waals surface area contributed by atoms with Gasteiger partial charge in [0.25, 0.3) is 0 Å². The van der Waals surface area contributed by atoms with Crippen molar-refractivity contribution in [1.82, 2.24) is 0 Å². The van der Waals surface area contributed by atoms with Crippen LogP contribution in [0.2, 0.25) is 0 Å². The molecule has 96 valence electrons. The maximum atomic E-state index is 11.1. The zero-order chi connectivity index (χ0) is 13.3. The number of carboxylic acids is 1. The molecule has 0 fully saturated rings. The Morgan fingerprint density at radius 1 is 1.11 bits per heavy atom. The summed E-state index contributed by atoms with van der Waals surface area (Å²) in [4.78, 5) is 11.3. The van der Waals surface area contributed by atoms with E-state index in [0.717, 1.165) is 16.0 Å². The minimum atomic E-state index is -1.01. The summed E-state index contributed by atoms with van der Waals surface area (Å²) in [6.45, 7) is 0. The molecule has 2 aromatic rings. The Balaban J connectivity index is 2.77. The third-order valence-electron chi connectivity index (χ3n) is 2.55. The zero-order valence-corrected chi connectivity index (χ0v) is 11.0. The summed E-state index contributed by atoms with van der Waals surface area (Å²) in [5, 5.41) is 9.82. The molecule has 0 amide bonds. The van der Waals surface area contributed by atoms with Crippen molar-refractivity contribution in [2.75, 3.05) is 21.3 Å². The van der Waals surface area contributed by atoms with Gasteiger partial charge in [-0.2, -0.15) is 0 Å². The fourth-order valence-electron chi connectivity index (χ4n) is 1.74. The molecule has 1 aromatic carbocycles. The minimum absolute atomic E-state index is 0.169. The molecule has 0 atom stereocenters. The Kier molecular flexibility index (Phi) is 3.29. The first-order valence-corrected chi connectivity index (χ1v) is 5.89. The average Bonchev–Trinajstić information content (AvgIpc) is 2.74. The molecule has 0 saturated heterocycles. The van der Waals surface area contributed by atoms with Gasteiger partial charge in [-0.05, 0) is 6.07 Å². The van der Waals surface area contributed by atoms with Crippen LogP contribution in [0.25, 0.3) is 10.1 Å². The molecule has 0 aliphatic carbocycles. The van der Waals surface area contributed by atoms with Crippen LogP contribution in [0, 0.1) is 0 Å². The van der Waals surface area contributed by atoms with E-state index in [1.54, 1.807) is 12.1 Å². The number of hydrogen-bond acceptors (Lipinski definition) is 5. The second-order valence-corrected chi connectivity index (χ2v) is 4.53. The van der Waals surface area contributed by atoms with E-state index < -0.39 is 5.97 Å². The van der Waals surface area contributed by atoms with E-state index >= 15 is 0 Å². The molecule has 0 aliphatic heterocycles. The standard InChI is InChI=1S/C12H12O5S/c1-15-7-4-6-9(5-8(7)16-2)18-11(12(13)14)10(6)17-3/h4-5H,1-3H3,(H,13,14). The highest BCUT2D eigenvalue weighted by Gasteiger charge is 2.20. The van der Waals surface area contributed by atoms with Gasteiger partial charge in [0.2, 0.25) is 0 Å². The van der Waals surface area contributed by atoms with Gasteiger partial charge in [0.1, 0.15) is 0 Å². The zero-order valence-electron chi connectivity index (χ0n) is 10.1. The summed E-state index contributed by atoms with van der Waals surface area (Å²) in [5.41, 5.74) is 0. The third-order valence-corrected chi connectivity index (χ3v) is 3.67. The average molecular weight is 268 g/mol. The number of carboxylic acid groups (broad SMARTS) is 1. The summed E-state index contributed by atoms with van der Waals surface area (Å²) >= 11 is 1.15. The summed E-state index contributed by atoms with van der Waals surface area (Å²) in [6, 6.07) is 3.46. The number of carbonyl (C=O) groups is 1. The lowest BCUT2D eigenvalue weighted by molar-refractivity contribution is 0.0699. The number of methoxy groups -OCH3 is 3. The van der Waals surface area contributed by atoms with E-state index in [2.05, 4.69) is 0 Å². The first kappa shape index (κ1) is 12.5. The number of benzene rings is 1. The van der Waals surface area contributed by atoms with Crippen molar-refractivity contribution in [3.05, 3.63) is 17.0 Å². The molecule has 5 nitrogen and oxygen atoms in total. The second-order valence-electron chi connectivity index (χ2n) is 3.47. The van der Waals surface area contributed by atoms with Crippen molar-refractivity contribution in [2.24, 2.45) is 0 Å². The molecule has 1 heterocycles. The molecular weight excluding hydrogens is 256 g/mol. The Bertz CT molecular complexity index is 602. The van der Waals surface area contributed by atoms with Crippen molar-refractivity contribution in [3.63, 3.8) is 0 Å². The predicted molar refractivity (Wildman–Crippen MR) is 68.4 cm³/mol. The van der Waals surface area contributed by atoms with Crippen molar-refractivity contribution in [3.8, 4) is 17.2 Å². The van der Waals surface area contributed by atoms with Crippen LogP contribution in [-0.4, -0.2) is 32.4 Å². The maximum Gasteiger partial charge on any atom is 0.349 e. The highest BCUT2D eigenvalue weighted by molar-refractivity contribution is 7.21. The van der Waals surface area contributed by atoms with Crippen LogP contribution in [0.4, 0.5) is 0 Å². The number of fused-ring (bicyclic) bond motifs is 1. The van der Waals surface area contributed by atoms with E-state index in [1.807, 2.05) is 0 Å². The quantitative estimate of drug-likeness (QED) is 0.923. The Hall–Kier alpha value is -1.95. The third kappa shape index (κ3) is 1.84. The summed E-state index contributed by atoms with van der Waals surface area (Å²) in [5.74, 6) is 0.443. The molecule has 1 N–H and O–H groups in total. The van der Waals surface area contributed by atoms with Crippen molar-refractivity contribution < 1.29 is 24.1 Å². The van der Waals surface area contributed by atoms with Crippen LogP contribution >= 0.6 is 11.3 Å². The van der Waals surface area contributed by atoms with Gasteiger partial charge >= 0.3 is 5.97 Å². The Morgan fingerprint density at radius 3 is 2.22 bits per heavy atom. The van der Waals surface area contributed by atoms with E-state index in [0.29, 0.717) is 22.6 Å². The number of ether oxygens (including phenoxy) is 3. The van der Waals surface area contributed by atoms with Crippen LogP contribution in [0.5, 0.6) is 17.2 Å². The van der Waals surface area contributed by atoms with Gasteiger partial charge in [0.15, 0.2) is 22.1 Å². The number of thiophene rings is 1. The van der Waals surface area contributed by atoms with Crippen molar-refractivity contribution in [2.45, 2.75) is 0 Å². The van der Waals surface area contributed by atoms with E-state index in [9.17, 15) is 4.79 Å². The molecule has 0 spiro atoms. The van der Waals surface area contributed by atoms with Crippen LogP contribution in [0.1, 0.15) is 9.67 Å². The van der Waals surface area contributed by atoms with Gasteiger partial charge in [-0.1, -0.05) is 0 Å². The lowest BCUT2D eigenvalue weighted by Gasteiger charge is -2.07. The molecule has 2 rings (SSSR count).